The second-order valence-corrected chi connectivity index (χ2v) is 8.47. The van der Waals surface area contributed by atoms with Crippen LogP contribution in [0.4, 0.5) is 17.3 Å². The quantitative estimate of drug-likeness (QED) is 0.420. The van der Waals surface area contributed by atoms with Gasteiger partial charge in [0.2, 0.25) is 0 Å². The van der Waals surface area contributed by atoms with Crippen LogP contribution >= 0.6 is 0 Å². The van der Waals surface area contributed by atoms with Gasteiger partial charge >= 0.3 is 0 Å². The van der Waals surface area contributed by atoms with Crippen LogP contribution in [0.3, 0.4) is 0 Å². The Hall–Kier alpha value is -3.44. The van der Waals surface area contributed by atoms with Gasteiger partial charge < -0.3 is 30.4 Å². The van der Waals surface area contributed by atoms with Crippen LogP contribution in [0.15, 0.2) is 35.4 Å². The summed E-state index contributed by atoms with van der Waals surface area (Å²) in [6, 6.07) is 4.98. The van der Waals surface area contributed by atoms with E-state index < -0.39 is 6.10 Å². The first-order chi connectivity index (χ1) is 16.0. The van der Waals surface area contributed by atoms with Gasteiger partial charge in [0.25, 0.3) is 11.5 Å². The minimum absolute atomic E-state index is 0.0135. The molecule has 33 heavy (non-hydrogen) atoms. The number of amides is 1. The minimum atomic E-state index is -0.525. The standard InChI is InChI=1S/C22H27N7O4/c1-23-19-10-18(25-14-4-3-9-28(22(14)32)15-6-8-17(15)33-2)27-20-12(11-24-29(19)20)21(31)26-13-5-7-16(13)30/h3-4,9-11,13,15-17,23,30H,5-8H2,1-2H3,(H,25,27)(H,26,31)/t13?,15?,16?,17-/m1/s1. The molecule has 2 aliphatic rings. The summed E-state index contributed by atoms with van der Waals surface area (Å²) in [5.41, 5.74) is 0.839. The molecule has 2 saturated carbocycles. The van der Waals surface area contributed by atoms with E-state index in [1.807, 2.05) is 6.07 Å². The van der Waals surface area contributed by atoms with E-state index in [4.69, 9.17) is 4.74 Å². The molecule has 4 N–H and O–H groups in total. The number of ether oxygens (including phenoxy) is 1. The van der Waals surface area contributed by atoms with E-state index in [9.17, 15) is 14.7 Å². The predicted molar refractivity (Wildman–Crippen MR) is 122 cm³/mol. The summed E-state index contributed by atoms with van der Waals surface area (Å²) in [4.78, 5) is 30.5. The van der Waals surface area contributed by atoms with Crippen LogP contribution in [0, 0.1) is 0 Å². The molecular formula is C22H27N7O4. The summed E-state index contributed by atoms with van der Waals surface area (Å²) in [6.07, 6.45) is 5.96. The third kappa shape index (κ3) is 3.72. The Labute approximate surface area is 189 Å². The number of hydrogen-bond donors (Lipinski definition) is 4. The maximum Gasteiger partial charge on any atom is 0.274 e. The molecule has 174 valence electrons. The summed E-state index contributed by atoms with van der Waals surface area (Å²) in [5, 5.41) is 23.0. The molecule has 3 heterocycles. The van der Waals surface area contributed by atoms with E-state index in [1.165, 1.54) is 10.7 Å². The summed E-state index contributed by atoms with van der Waals surface area (Å²) >= 11 is 0. The van der Waals surface area contributed by atoms with Gasteiger partial charge in [-0.1, -0.05) is 0 Å². The maximum atomic E-state index is 13.1. The minimum Gasteiger partial charge on any atom is -0.391 e. The highest BCUT2D eigenvalue weighted by Gasteiger charge is 2.33. The average molecular weight is 454 g/mol. The number of nitrogens with zero attached hydrogens (tertiary/aromatic N) is 4. The average Bonchev–Trinajstić information content (AvgIpc) is 3.22. The van der Waals surface area contributed by atoms with Crippen molar-refractivity contribution in [2.75, 3.05) is 24.8 Å². The van der Waals surface area contributed by atoms with Crippen molar-refractivity contribution in [1.82, 2.24) is 24.5 Å². The smallest absolute Gasteiger partial charge is 0.274 e. The van der Waals surface area contributed by atoms with Crippen molar-refractivity contribution < 1.29 is 14.6 Å². The number of carbonyl (C=O) groups excluding carboxylic acids is 1. The van der Waals surface area contributed by atoms with Crippen LogP contribution in [0.2, 0.25) is 0 Å². The number of nitrogens with one attached hydrogen (secondary N) is 3. The first-order valence-corrected chi connectivity index (χ1v) is 11.1. The van der Waals surface area contributed by atoms with Crippen LogP contribution < -0.4 is 21.5 Å². The molecule has 0 aliphatic heterocycles. The van der Waals surface area contributed by atoms with E-state index in [0.29, 0.717) is 29.4 Å². The lowest BCUT2D eigenvalue weighted by Crippen LogP contribution is -2.50. The van der Waals surface area contributed by atoms with Gasteiger partial charge in [-0.3, -0.25) is 9.59 Å². The van der Waals surface area contributed by atoms with E-state index in [1.54, 1.807) is 37.1 Å². The topological polar surface area (TPSA) is 135 Å². The number of carbonyl (C=O) groups is 1. The normalized spacial score (nSPS) is 24.1. The van der Waals surface area contributed by atoms with Gasteiger partial charge in [0, 0.05) is 26.4 Å². The second kappa shape index (κ2) is 8.49. The Kier molecular flexibility index (Phi) is 5.51. The zero-order valence-electron chi connectivity index (χ0n) is 18.5. The Balaban J connectivity index is 1.46. The highest BCUT2D eigenvalue weighted by molar-refractivity contribution is 6.00. The fourth-order valence-corrected chi connectivity index (χ4v) is 4.31. The molecule has 2 fully saturated rings. The van der Waals surface area contributed by atoms with Crippen LogP contribution in [-0.2, 0) is 4.74 Å². The Morgan fingerprint density at radius 2 is 2.12 bits per heavy atom. The second-order valence-electron chi connectivity index (χ2n) is 8.47. The van der Waals surface area contributed by atoms with Crippen molar-refractivity contribution in [1.29, 1.82) is 0 Å². The number of pyridine rings is 1. The number of aromatic nitrogens is 4. The molecule has 3 aromatic heterocycles. The molecule has 3 aromatic rings. The molecule has 2 aliphatic carbocycles. The van der Waals surface area contributed by atoms with Gasteiger partial charge in [0.15, 0.2) is 5.65 Å². The molecule has 0 radical (unpaired) electrons. The van der Waals surface area contributed by atoms with Gasteiger partial charge in [0.1, 0.15) is 22.9 Å². The first-order valence-electron chi connectivity index (χ1n) is 11.1. The molecule has 3 unspecified atom stereocenters. The molecule has 11 nitrogen and oxygen atoms in total. The molecule has 0 spiro atoms. The Morgan fingerprint density at radius 1 is 1.27 bits per heavy atom. The maximum absolute atomic E-state index is 13.1. The Morgan fingerprint density at radius 3 is 2.76 bits per heavy atom. The summed E-state index contributed by atoms with van der Waals surface area (Å²) in [5.74, 6) is 0.648. The van der Waals surface area contributed by atoms with Crippen molar-refractivity contribution in [3.8, 4) is 0 Å². The summed E-state index contributed by atoms with van der Waals surface area (Å²) in [6.45, 7) is 0. The molecule has 11 heteroatoms. The SMILES string of the molecule is CNc1cc(Nc2cccn(C3CC[C@H]3OC)c2=O)nc2c(C(=O)NC3CCC3O)cnn12. The third-order valence-electron chi connectivity index (χ3n) is 6.60. The first kappa shape index (κ1) is 21.4. The van der Waals surface area contributed by atoms with Crippen molar-refractivity contribution in [3.63, 3.8) is 0 Å². The van der Waals surface area contributed by atoms with E-state index in [0.717, 1.165) is 19.3 Å². The number of methoxy groups -OCH3 is 1. The molecule has 0 saturated heterocycles. The van der Waals surface area contributed by atoms with Gasteiger partial charge in [-0.15, -0.1) is 0 Å². The van der Waals surface area contributed by atoms with Gasteiger partial charge in [-0.2, -0.15) is 9.61 Å². The van der Waals surface area contributed by atoms with Crippen molar-refractivity contribution in [2.45, 2.75) is 50.0 Å². The number of aliphatic hydroxyl groups is 1. The highest BCUT2D eigenvalue weighted by Crippen LogP contribution is 2.33. The van der Waals surface area contributed by atoms with Gasteiger partial charge in [-0.25, -0.2) is 4.98 Å². The largest absolute Gasteiger partial charge is 0.391 e. The molecule has 1 amide bonds. The fourth-order valence-electron chi connectivity index (χ4n) is 4.31. The molecule has 0 aromatic carbocycles. The van der Waals surface area contributed by atoms with Crippen LogP contribution in [0.5, 0.6) is 0 Å². The fraction of sp³-hybridized carbons (Fsp3) is 0.455. The number of anilines is 3. The number of fused-ring (bicyclic) bond motifs is 1. The third-order valence-corrected chi connectivity index (χ3v) is 6.60. The predicted octanol–water partition coefficient (Wildman–Crippen LogP) is 1.28. The van der Waals surface area contributed by atoms with Gasteiger partial charge in [-0.05, 0) is 37.8 Å². The lowest BCUT2D eigenvalue weighted by Gasteiger charge is -2.36. The number of rotatable bonds is 7. The molecular weight excluding hydrogens is 426 g/mol. The highest BCUT2D eigenvalue weighted by atomic mass is 16.5. The summed E-state index contributed by atoms with van der Waals surface area (Å²) < 4.78 is 8.67. The van der Waals surface area contributed by atoms with Crippen LogP contribution in [-0.4, -0.2) is 62.6 Å². The van der Waals surface area contributed by atoms with E-state index in [2.05, 4.69) is 26.0 Å². The van der Waals surface area contributed by atoms with Gasteiger partial charge in [0.05, 0.1) is 30.5 Å². The van der Waals surface area contributed by atoms with Crippen molar-refractivity contribution in [3.05, 3.63) is 46.5 Å². The zero-order chi connectivity index (χ0) is 23.1. The molecule has 5 rings (SSSR count). The van der Waals surface area contributed by atoms with E-state index in [-0.39, 0.29) is 35.2 Å². The van der Waals surface area contributed by atoms with Crippen molar-refractivity contribution in [2.24, 2.45) is 0 Å². The van der Waals surface area contributed by atoms with Crippen LogP contribution in [0.1, 0.15) is 42.1 Å². The lowest BCUT2D eigenvalue weighted by atomic mass is 9.88. The monoisotopic (exact) mass is 453 g/mol. The number of aliphatic hydroxyl groups excluding tert-OH is 1. The Bertz CT molecular complexity index is 1250. The summed E-state index contributed by atoms with van der Waals surface area (Å²) in [7, 11) is 3.40. The molecule has 4 atom stereocenters. The zero-order valence-corrected chi connectivity index (χ0v) is 18.5. The van der Waals surface area contributed by atoms with Crippen molar-refractivity contribution >= 4 is 28.9 Å². The molecule has 0 bridgehead atoms. The van der Waals surface area contributed by atoms with Crippen LogP contribution in [0.25, 0.3) is 5.65 Å². The lowest BCUT2D eigenvalue weighted by molar-refractivity contribution is -0.0103. The number of hydrogen-bond acceptors (Lipinski definition) is 8. The van der Waals surface area contributed by atoms with E-state index >= 15 is 0 Å².